The average Bonchev–Trinajstić information content (AvgIpc) is 2.98. The van der Waals surface area contributed by atoms with Crippen LogP contribution in [0.3, 0.4) is 0 Å². The monoisotopic (exact) mass is 311 g/mol. The van der Waals surface area contributed by atoms with Gasteiger partial charge in [-0.05, 0) is 19.8 Å². The number of anilines is 1. The first-order chi connectivity index (χ1) is 9.54. The van der Waals surface area contributed by atoms with Crippen LogP contribution in [0.4, 0.5) is 5.13 Å². The van der Waals surface area contributed by atoms with Crippen LogP contribution in [0, 0.1) is 6.92 Å². The molecule has 2 N–H and O–H groups in total. The van der Waals surface area contributed by atoms with Gasteiger partial charge >= 0.3 is 5.97 Å². The quantitative estimate of drug-likeness (QED) is 0.855. The molecule has 6 nitrogen and oxygen atoms in total. The van der Waals surface area contributed by atoms with Crippen molar-refractivity contribution in [3.8, 4) is 0 Å². The Bertz CT molecular complexity index is 621. The Kier molecular flexibility index (Phi) is 4.80. The van der Waals surface area contributed by atoms with Gasteiger partial charge in [-0.3, -0.25) is 14.9 Å². The summed E-state index contributed by atoms with van der Waals surface area (Å²) in [6.45, 7) is 1.84. The molecule has 0 aromatic carbocycles. The van der Waals surface area contributed by atoms with Crippen LogP contribution in [0.1, 0.15) is 33.2 Å². The minimum Gasteiger partial charge on any atom is -0.481 e. The van der Waals surface area contributed by atoms with Crippen molar-refractivity contribution in [2.45, 2.75) is 26.2 Å². The van der Waals surface area contributed by atoms with E-state index in [-0.39, 0.29) is 12.3 Å². The van der Waals surface area contributed by atoms with Crippen molar-refractivity contribution in [1.82, 2.24) is 9.97 Å². The Balaban J connectivity index is 1.89. The van der Waals surface area contributed by atoms with Crippen molar-refractivity contribution in [2.75, 3.05) is 5.32 Å². The minimum atomic E-state index is -0.811. The highest BCUT2D eigenvalue weighted by Gasteiger charge is 2.11. The fourth-order valence-corrected chi connectivity index (χ4v) is 2.94. The number of carboxylic acid groups (broad SMARTS) is 1. The number of amides is 1. The molecule has 0 aliphatic rings. The molecule has 0 saturated heterocycles. The van der Waals surface area contributed by atoms with Crippen LogP contribution >= 0.6 is 22.7 Å². The molecule has 2 aromatic rings. The third kappa shape index (κ3) is 4.10. The minimum absolute atomic E-state index is 0.124. The number of aryl methyl sites for hydroxylation is 2. The summed E-state index contributed by atoms with van der Waals surface area (Å²) in [4.78, 5) is 31.1. The first-order valence-corrected chi connectivity index (χ1v) is 7.64. The molecule has 0 unspecified atom stereocenters. The van der Waals surface area contributed by atoms with E-state index in [1.165, 1.54) is 28.9 Å². The number of carbonyl (C=O) groups excluding carboxylic acids is 1. The van der Waals surface area contributed by atoms with Gasteiger partial charge in [-0.25, -0.2) is 9.97 Å². The number of nitrogens with zero attached hydrogens (tertiary/aromatic N) is 2. The predicted molar refractivity (Wildman–Crippen MR) is 77.5 cm³/mol. The second-order valence-electron chi connectivity index (χ2n) is 4.09. The van der Waals surface area contributed by atoms with Crippen molar-refractivity contribution >= 4 is 39.7 Å². The lowest BCUT2D eigenvalue weighted by atomic mass is 10.2. The van der Waals surface area contributed by atoms with Gasteiger partial charge in [-0.15, -0.1) is 22.7 Å². The number of aromatic nitrogens is 2. The van der Waals surface area contributed by atoms with Crippen LogP contribution in [0.2, 0.25) is 0 Å². The van der Waals surface area contributed by atoms with Crippen LogP contribution in [-0.4, -0.2) is 27.0 Å². The van der Waals surface area contributed by atoms with Gasteiger partial charge in [0.05, 0.1) is 16.9 Å². The Morgan fingerprint density at radius 1 is 1.45 bits per heavy atom. The lowest BCUT2D eigenvalue weighted by Crippen LogP contribution is -2.09. The summed E-state index contributed by atoms with van der Waals surface area (Å²) in [6, 6.07) is 0. The van der Waals surface area contributed by atoms with E-state index in [1.807, 2.05) is 12.3 Å². The van der Waals surface area contributed by atoms with Crippen LogP contribution < -0.4 is 5.32 Å². The average molecular weight is 311 g/mol. The zero-order chi connectivity index (χ0) is 14.5. The molecule has 0 aliphatic carbocycles. The lowest BCUT2D eigenvalue weighted by molar-refractivity contribution is -0.137. The van der Waals surface area contributed by atoms with Gasteiger partial charge in [0.25, 0.3) is 5.91 Å². The summed E-state index contributed by atoms with van der Waals surface area (Å²) < 4.78 is 0. The smallest absolute Gasteiger partial charge is 0.303 e. The van der Waals surface area contributed by atoms with E-state index in [2.05, 4.69) is 15.3 Å². The van der Waals surface area contributed by atoms with Gasteiger partial charge < -0.3 is 5.11 Å². The molecule has 8 heteroatoms. The summed E-state index contributed by atoms with van der Waals surface area (Å²) in [5.74, 6) is -1.03. The van der Waals surface area contributed by atoms with E-state index in [0.29, 0.717) is 22.9 Å². The molecule has 2 aromatic heterocycles. The zero-order valence-electron chi connectivity index (χ0n) is 10.8. The second-order valence-corrected chi connectivity index (χ2v) is 6.18. The Morgan fingerprint density at radius 2 is 2.25 bits per heavy atom. The van der Waals surface area contributed by atoms with E-state index in [9.17, 15) is 9.59 Å². The van der Waals surface area contributed by atoms with Gasteiger partial charge in [-0.1, -0.05) is 0 Å². The first-order valence-electron chi connectivity index (χ1n) is 5.94. The number of nitrogens with one attached hydrogen (secondary N) is 1. The van der Waals surface area contributed by atoms with Gasteiger partial charge in [0.2, 0.25) is 0 Å². The number of carboxylic acids is 1. The van der Waals surface area contributed by atoms with Crippen LogP contribution in [-0.2, 0) is 11.2 Å². The molecule has 0 fully saturated rings. The molecular formula is C12H13N3O3S2. The summed E-state index contributed by atoms with van der Waals surface area (Å²) >= 11 is 2.66. The maximum Gasteiger partial charge on any atom is 0.303 e. The third-order valence-corrected chi connectivity index (χ3v) is 4.16. The lowest BCUT2D eigenvalue weighted by Gasteiger charge is -1.97. The van der Waals surface area contributed by atoms with Crippen molar-refractivity contribution in [3.63, 3.8) is 0 Å². The maximum atomic E-state index is 11.9. The van der Waals surface area contributed by atoms with Gasteiger partial charge in [0.15, 0.2) is 5.13 Å². The van der Waals surface area contributed by atoms with E-state index in [0.717, 1.165) is 10.7 Å². The number of aliphatic carboxylic acids is 1. The Morgan fingerprint density at radius 3 is 2.90 bits per heavy atom. The first kappa shape index (κ1) is 14.6. The van der Waals surface area contributed by atoms with Gasteiger partial charge in [0.1, 0.15) is 4.88 Å². The highest BCUT2D eigenvalue weighted by atomic mass is 32.1. The molecule has 20 heavy (non-hydrogen) atoms. The fourth-order valence-electron chi connectivity index (χ4n) is 1.53. The fraction of sp³-hybridized carbons (Fsp3) is 0.333. The van der Waals surface area contributed by atoms with Crippen LogP contribution in [0.5, 0.6) is 0 Å². The molecule has 2 rings (SSSR count). The maximum absolute atomic E-state index is 11.9. The highest BCUT2D eigenvalue weighted by molar-refractivity contribution is 7.15. The Hall–Kier alpha value is -1.80. The molecule has 106 valence electrons. The van der Waals surface area contributed by atoms with Crippen molar-refractivity contribution in [2.24, 2.45) is 0 Å². The third-order valence-electron chi connectivity index (χ3n) is 2.44. The van der Waals surface area contributed by atoms with E-state index in [4.69, 9.17) is 5.11 Å². The standard InChI is InChI=1S/C12H13N3O3S2/c1-7-13-5-9(20-7)11(18)15-12-14-8(6-19-12)3-2-4-10(16)17/h5-6H,2-4H2,1H3,(H,16,17)(H,14,15,18). The van der Waals surface area contributed by atoms with Crippen LogP contribution in [0.25, 0.3) is 0 Å². The number of carbonyl (C=O) groups is 2. The Labute approximate surface area is 123 Å². The normalized spacial score (nSPS) is 10.4. The van der Waals surface area contributed by atoms with E-state index >= 15 is 0 Å². The highest BCUT2D eigenvalue weighted by Crippen LogP contribution is 2.19. The number of hydrogen-bond donors (Lipinski definition) is 2. The molecule has 0 bridgehead atoms. The largest absolute Gasteiger partial charge is 0.481 e. The number of thiazole rings is 2. The predicted octanol–water partition coefficient (Wildman–Crippen LogP) is 2.57. The second kappa shape index (κ2) is 6.58. The SMILES string of the molecule is Cc1ncc(C(=O)Nc2nc(CCCC(=O)O)cs2)s1. The summed E-state index contributed by atoms with van der Waals surface area (Å²) in [7, 11) is 0. The van der Waals surface area contributed by atoms with Crippen molar-refractivity contribution in [3.05, 3.63) is 27.2 Å². The van der Waals surface area contributed by atoms with Crippen molar-refractivity contribution in [1.29, 1.82) is 0 Å². The summed E-state index contributed by atoms with van der Waals surface area (Å²) in [5.41, 5.74) is 0.798. The summed E-state index contributed by atoms with van der Waals surface area (Å²) in [5, 5.41) is 14.5. The van der Waals surface area contributed by atoms with Gasteiger partial charge in [0, 0.05) is 11.8 Å². The zero-order valence-corrected chi connectivity index (χ0v) is 12.4. The summed E-state index contributed by atoms with van der Waals surface area (Å²) in [6.07, 6.45) is 2.80. The van der Waals surface area contributed by atoms with E-state index in [1.54, 1.807) is 0 Å². The molecule has 2 heterocycles. The molecule has 0 saturated carbocycles. The molecule has 0 spiro atoms. The molecule has 0 atom stereocenters. The molecule has 0 aliphatic heterocycles. The van der Waals surface area contributed by atoms with Crippen LogP contribution in [0.15, 0.2) is 11.6 Å². The molecule has 1 amide bonds. The van der Waals surface area contributed by atoms with Gasteiger partial charge in [-0.2, -0.15) is 0 Å². The molecular weight excluding hydrogens is 298 g/mol. The number of hydrogen-bond acceptors (Lipinski definition) is 6. The van der Waals surface area contributed by atoms with Crippen molar-refractivity contribution < 1.29 is 14.7 Å². The molecule has 0 radical (unpaired) electrons. The number of rotatable bonds is 6. The topological polar surface area (TPSA) is 92.2 Å². The van der Waals surface area contributed by atoms with E-state index < -0.39 is 5.97 Å².